The molecule has 134 valence electrons. The van der Waals surface area contributed by atoms with Crippen LogP contribution in [0.25, 0.3) is 0 Å². The molecule has 0 radical (unpaired) electrons. The maximum Gasteiger partial charge on any atom is 0.251 e. The Labute approximate surface area is 146 Å². The number of nitrogens with one attached hydrogen (secondary N) is 1. The average molecular weight is 364 g/mol. The summed E-state index contributed by atoms with van der Waals surface area (Å²) in [5, 5.41) is 7.87. The van der Waals surface area contributed by atoms with Gasteiger partial charge in [0, 0.05) is 12.1 Å². The molecule has 25 heavy (non-hydrogen) atoms. The fraction of sp³-hybridized carbons (Fsp3) is 0.235. The lowest BCUT2D eigenvalue weighted by Gasteiger charge is -2.11. The standard InChI is InChI=1S/C17H20N2O5S/c1-11-6-13(9-14(7-11)25(18,21)22)17(20)19-10-12-4-5-15(23-2)16(8-12)24-3/h4-9H,10H2,1-3H3,(H,19,20)(H2,18,21,22). The zero-order valence-electron chi connectivity index (χ0n) is 14.2. The number of benzene rings is 2. The number of primary sulfonamides is 1. The normalized spacial score (nSPS) is 11.0. The Bertz CT molecular complexity index is 894. The van der Waals surface area contributed by atoms with Crippen LogP contribution in [0.1, 0.15) is 21.5 Å². The highest BCUT2D eigenvalue weighted by Gasteiger charge is 2.14. The molecule has 0 unspecified atom stereocenters. The largest absolute Gasteiger partial charge is 0.493 e. The number of hydrogen-bond acceptors (Lipinski definition) is 5. The van der Waals surface area contributed by atoms with Crippen molar-refractivity contribution in [2.75, 3.05) is 14.2 Å². The van der Waals surface area contributed by atoms with Crippen molar-refractivity contribution in [3.05, 3.63) is 53.1 Å². The van der Waals surface area contributed by atoms with E-state index in [2.05, 4.69) is 5.32 Å². The lowest BCUT2D eigenvalue weighted by atomic mass is 10.1. The molecule has 0 aliphatic carbocycles. The summed E-state index contributed by atoms with van der Waals surface area (Å²) in [5.41, 5.74) is 1.66. The molecular formula is C17H20N2O5S. The van der Waals surface area contributed by atoms with Gasteiger partial charge in [0.15, 0.2) is 11.5 Å². The smallest absolute Gasteiger partial charge is 0.251 e. The number of aryl methyl sites for hydroxylation is 1. The van der Waals surface area contributed by atoms with E-state index in [0.717, 1.165) is 5.56 Å². The minimum atomic E-state index is -3.88. The molecule has 0 saturated heterocycles. The van der Waals surface area contributed by atoms with Crippen LogP contribution in [0.4, 0.5) is 0 Å². The van der Waals surface area contributed by atoms with Crippen LogP contribution < -0.4 is 19.9 Å². The monoisotopic (exact) mass is 364 g/mol. The number of hydrogen-bond donors (Lipinski definition) is 2. The fourth-order valence-electron chi connectivity index (χ4n) is 2.32. The van der Waals surface area contributed by atoms with Crippen LogP contribution in [0.3, 0.4) is 0 Å². The Morgan fingerprint density at radius 1 is 1.08 bits per heavy atom. The maximum absolute atomic E-state index is 12.3. The zero-order chi connectivity index (χ0) is 18.6. The van der Waals surface area contributed by atoms with Gasteiger partial charge >= 0.3 is 0 Å². The number of methoxy groups -OCH3 is 2. The van der Waals surface area contributed by atoms with Crippen molar-refractivity contribution in [2.45, 2.75) is 18.4 Å². The molecule has 3 N–H and O–H groups in total. The number of sulfonamides is 1. The van der Waals surface area contributed by atoms with Gasteiger partial charge in [0.05, 0.1) is 19.1 Å². The van der Waals surface area contributed by atoms with E-state index in [-0.39, 0.29) is 17.0 Å². The predicted molar refractivity (Wildman–Crippen MR) is 93.3 cm³/mol. The number of amides is 1. The molecule has 2 aromatic carbocycles. The zero-order valence-corrected chi connectivity index (χ0v) is 15.0. The predicted octanol–water partition coefficient (Wildman–Crippen LogP) is 1.59. The van der Waals surface area contributed by atoms with Crippen LogP contribution >= 0.6 is 0 Å². The Kier molecular flexibility index (Phi) is 5.66. The van der Waals surface area contributed by atoms with E-state index in [4.69, 9.17) is 14.6 Å². The van der Waals surface area contributed by atoms with Gasteiger partial charge in [0.1, 0.15) is 0 Å². The molecular weight excluding hydrogens is 344 g/mol. The van der Waals surface area contributed by atoms with Gasteiger partial charge < -0.3 is 14.8 Å². The number of nitrogens with two attached hydrogens (primary N) is 1. The average Bonchev–Trinajstić information content (AvgIpc) is 2.58. The second-order valence-electron chi connectivity index (χ2n) is 5.45. The summed E-state index contributed by atoms with van der Waals surface area (Å²) in [5.74, 6) is 0.749. The van der Waals surface area contributed by atoms with Crippen LogP contribution in [0.2, 0.25) is 0 Å². The summed E-state index contributed by atoms with van der Waals surface area (Å²) >= 11 is 0. The number of ether oxygens (including phenoxy) is 2. The summed E-state index contributed by atoms with van der Waals surface area (Å²) in [7, 11) is -0.804. The van der Waals surface area contributed by atoms with E-state index in [1.165, 1.54) is 19.2 Å². The second-order valence-corrected chi connectivity index (χ2v) is 7.01. The molecule has 0 fully saturated rings. The molecule has 1 amide bonds. The van der Waals surface area contributed by atoms with Crippen LogP contribution in [0.5, 0.6) is 11.5 Å². The van der Waals surface area contributed by atoms with Crippen molar-refractivity contribution in [1.29, 1.82) is 0 Å². The van der Waals surface area contributed by atoms with Gasteiger partial charge in [-0.3, -0.25) is 4.79 Å². The first-order valence-corrected chi connectivity index (χ1v) is 8.93. The lowest BCUT2D eigenvalue weighted by Crippen LogP contribution is -2.23. The molecule has 0 saturated carbocycles. The first-order chi connectivity index (χ1) is 11.7. The minimum absolute atomic E-state index is 0.0937. The fourth-order valence-corrected chi connectivity index (χ4v) is 2.96. The third kappa shape index (κ3) is 4.71. The van der Waals surface area contributed by atoms with Crippen molar-refractivity contribution in [3.63, 3.8) is 0 Å². The number of carbonyl (C=O) groups is 1. The van der Waals surface area contributed by atoms with Gasteiger partial charge in [-0.15, -0.1) is 0 Å². The van der Waals surface area contributed by atoms with Crippen molar-refractivity contribution < 1.29 is 22.7 Å². The molecule has 2 aromatic rings. The van der Waals surface area contributed by atoms with Gasteiger partial charge in [0.25, 0.3) is 5.91 Å². The Balaban J connectivity index is 2.17. The van der Waals surface area contributed by atoms with Gasteiger partial charge in [-0.2, -0.15) is 0 Å². The van der Waals surface area contributed by atoms with Gasteiger partial charge in [-0.25, -0.2) is 13.6 Å². The first-order valence-electron chi connectivity index (χ1n) is 7.38. The van der Waals surface area contributed by atoms with Crippen LogP contribution in [-0.4, -0.2) is 28.5 Å². The highest BCUT2D eigenvalue weighted by molar-refractivity contribution is 7.89. The van der Waals surface area contributed by atoms with E-state index < -0.39 is 15.9 Å². The summed E-state index contributed by atoms with van der Waals surface area (Å²) in [6, 6.07) is 9.57. The highest BCUT2D eigenvalue weighted by Crippen LogP contribution is 2.27. The quantitative estimate of drug-likeness (QED) is 0.809. The Morgan fingerprint density at radius 3 is 2.36 bits per heavy atom. The van der Waals surface area contributed by atoms with E-state index >= 15 is 0 Å². The number of carbonyl (C=O) groups excluding carboxylic acids is 1. The molecule has 0 spiro atoms. The molecule has 0 atom stereocenters. The van der Waals surface area contributed by atoms with E-state index in [1.54, 1.807) is 38.3 Å². The first kappa shape index (κ1) is 18.8. The van der Waals surface area contributed by atoms with Gasteiger partial charge in [0.2, 0.25) is 10.0 Å². The molecule has 7 nitrogen and oxygen atoms in total. The molecule has 2 rings (SSSR count). The molecule has 0 aromatic heterocycles. The maximum atomic E-state index is 12.3. The Hall–Kier alpha value is -2.58. The van der Waals surface area contributed by atoms with Crippen LogP contribution in [0, 0.1) is 6.92 Å². The van der Waals surface area contributed by atoms with Gasteiger partial charge in [-0.1, -0.05) is 6.07 Å². The van der Waals surface area contributed by atoms with E-state index in [9.17, 15) is 13.2 Å². The van der Waals surface area contributed by atoms with Crippen molar-refractivity contribution in [2.24, 2.45) is 5.14 Å². The molecule has 0 heterocycles. The highest BCUT2D eigenvalue weighted by atomic mass is 32.2. The molecule has 0 aliphatic rings. The van der Waals surface area contributed by atoms with Crippen LogP contribution in [0.15, 0.2) is 41.3 Å². The van der Waals surface area contributed by atoms with Crippen molar-refractivity contribution in [1.82, 2.24) is 5.32 Å². The number of rotatable bonds is 6. The van der Waals surface area contributed by atoms with E-state index in [0.29, 0.717) is 17.1 Å². The second kappa shape index (κ2) is 7.54. The SMILES string of the molecule is COc1ccc(CNC(=O)c2cc(C)cc(S(N)(=O)=O)c2)cc1OC. The third-order valence-electron chi connectivity index (χ3n) is 3.54. The Morgan fingerprint density at radius 2 is 1.76 bits per heavy atom. The molecule has 0 aliphatic heterocycles. The van der Waals surface area contributed by atoms with Gasteiger partial charge in [-0.05, 0) is 48.4 Å². The summed E-state index contributed by atoms with van der Waals surface area (Å²) < 4.78 is 33.4. The van der Waals surface area contributed by atoms with Crippen molar-refractivity contribution >= 4 is 15.9 Å². The van der Waals surface area contributed by atoms with E-state index in [1.807, 2.05) is 0 Å². The molecule has 0 bridgehead atoms. The summed E-state index contributed by atoms with van der Waals surface area (Å²) in [6.07, 6.45) is 0. The summed E-state index contributed by atoms with van der Waals surface area (Å²) in [4.78, 5) is 12.2. The summed E-state index contributed by atoms with van der Waals surface area (Å²) in [6.45, 7) is 1.94. The molecule has 8 heteroatoms. The lowest BCUT2D eigenvalue weighted by molar-refractivity contribution is 0.0950. The van der Waals surface area contributed by atoms with Crippen molar-refractivity contribution in [3.8, 4) is 11.5 Å². The minimum Gasteiger partial charge on any atom is -0.493 e. The van der Waals surface area contributed by atoms with Crippen LogP contribution in [-0.2, 0) is 16.6 Å². The topological polar surface area (TPSA) is 108 Å². The third-order valence-corrected chi connectivity index (χ3v) is 4.44.